The van der Waals surface area contributed by atoms with Crippen LogP contribution in [0.1, 0.15) is 42.4 Å². The maximum atomic E-state index is 13.3. The second-order valence-electron chi connectivity index (χ2n) is 8.37. The van der Waals surface area contributed by atoms with E-state index in [4.69, 9.17) is 0 Å². The Bertz CT molecular complexity index is 753. The molecular formula is C20H31N3O2S. The molecule has 0 N–H and O–H groups in total. The van der Waals surface area contributed by atoms with Crippen molar-refractivity contribution in [3.63, 3.8) is 0 Å². The fourth-order valence-electron chi connectivity index (χ4n) is 5.27. The molecule has 5 nitrogen and oxygen atoms in total. The summed E-state index contributed by atoms with van der Waals surface area (Å²) in [4.78, 5) is 5.71. The van der Waals surface area contributed by atoms with Crippen molar-refractivity contribution >= 4 is 10.0 Å². The molecule has 4 fully saturated rings. The van der Waals surface area contributed by atoms with E-state index in [-0.39, 0.29) is 0 Å². The van der Waals surface area contributed by atoms with Gasteiger partial charge in [0.15, 0.2) is 0 Å². The predicted molar refractivity (Wildman–Crippen MR) is 104 cm³/mol. The topological polar surface area (TPSA) is 43.9 Å². The number of hydrogen-bond acceptors (Lipinski definition) is 4. The Hall–Kier alpha value is -0.950. The van der Waals surface area contributed by atoms with Crippen molar-refractivity contribution in [1.29, 1.82) is 0 Å². The summed E-state index contributed by atoms with van der Waals surface area (Å²) in [5.41, 5.74) is 2.85. The summed E-state index contributed by atoms with van der Waals surface area (Å²) in [7, 11) is -3.40. The van der Waals surface area contributed by atoms with Crippen molar-refractivity contribution < 1.29 is 8.42 Å². The van der Waals surface area contributed by atoms with Crippen LogP contribution in [0.25, 0.3) is 0 Å². The normalized spacial score (nSPS) is 28.6. The van der Waals surface area contributed by atoms with Crippen LogP contribution in [0.5, 0.6) is 0 Å². The Morgan fingerprint density at radius 1 is 0.846 bits per heavy atom. The molecule has 4 aliphatic rings. The van der Waals surface area contributed by atoms with E-state index in [1.165, 1.54) is 25.9 Å². The lowest BCUT2D eigenvalue weighted by molar-refractivity contribution is -0.0508. The SMILES string of the molecule is Cc1cc(C)c(S(=O)(=O)N2CCC(N3CN4CCC3CC4)CC2)c(C)c1. The molecule has 4 aliphatic heterocycles. The average molecular weight is 378 g/mol. The van der Waals surface area contributed by atoms with Gasteiger partial charge in [-0.2, -0.15) is 4.31 Å². The molecule has 4 heterocycles. The van der Waals surface area contributed by atoms with Crippen LogP contribution in [0.4, 0.5) is 0 Å². The lowest BCUT2D eigenvalue weighted by atomic mass is 9.95. The van der Waals surface area contributed by atoms with Gasteiger partial charge in [0.25, 0.3) is 0 Å². The van der Waals surface area contributed by atoms with Gasteiger partial charge in [-0.15, -0.1) is 0 Å². The van der Waals surface area contributed by atoms with Gasteiger partial charge in [0, 0.05) is 38.3 Å². The first-order valence-corrected chi connectivity index (χ1v) is 11.4. The Morgan fingerprint density at radius 3 is 1.85 bits per heavy atom. The van der Waals surface area contributed by atoms with Gasteiger partial charge in [-0.25, -0.2) is 8.42 Å². The zero-order valence-corrected chi connectivity index (χ0v) is 17.1. The lowest BCUT2D eigenvalue weighted by Gasteiger charge is -2.52. The van der Waals surface area contributed by atoms with Crippen molar-refractivity contribution in [2.24, 2.45) is 0 Å². The van der Waals surface area contributed by atoms with Gasteiger partial charge < -0.3 is 0 Å². The van der Waals surface area contributed by atoms with Gasteiger partial charge >= 0.3 is 0 Å². The van der Waals surface area contributed by atoms with Gasteiger partial charge in [0.2, 0.25) is 10.0 Å². The number of rotatable bonds is 3. The third-order valence-electron chi connectivity index (χ3n) is 6.48. The van der Waals surface area contributed by atoms with E-state index in [9.17, 15) is 8.42 Å². The Morgan fingerprint density at radius 2 is 1.35 bits per heavy atom. The molecule has 5 rings (SSSR count). The average Bonchev–Trinajstić information content (AvgIpc) is 2.61. The third kappa shape index (κ3) is 3.21. The third-order valence-corrected chi connectivity index (χ3v) is 8.69. The fraction of sp³-hybridized carbons (Fsp3) is 0.700. The van der Waals surface area contributed by atoms with Crippen LogP contribution in [-0.2, 0) is 10.0 Å². The van der Waals surface area contributed by atoms with Crippen molar-refractivity contribution in [3.8, 4) is 0 Å². The molecule has 0 radical (unpaired) electrons. The highest BCUT2D eigenvalue weighted by atomic mass is 32.2. The monoisotopic (exact) mass is 377 g/mol. The zero-order chi connectivity index (χ0) is 18.5. The molecule has 1 aromatic carbocycles. The zero-order valence-electron chi connectivity index (χ0n) is 16.2. The van der Waals surface area contributed by atoms with Crippen molar-refractivity contribution in [3.05, 3.63) is 28.8 Å². The number of sulfonamides is 1. The van der Waals surface area contributed by atoms with Crippen LogP contribution in [0.3, 0.4) is 0 Å². The summed E-state index contributed by atoms with van der Waals surface area (Å²) in [6.07, 6.45) is 4.46. The Balaban J connectivity index is 1.48. The minimum atomic E-state index is -3.40. The predicted octanol–water partition coefficient (Wildman–Crippen LogP) is 2.50. The first-order valence-electron chi connectivity index (χ1n) is 9.92. The highest BCUT2D eigenvalue weighted by Gasteiger charge is 2.39. The molecule has 0 spiro atoms. The van der Waals surface area contributed by atoms with E-state index in [1.54, 1.807) is 4.31 Å². The molecule has 0 aliphatic carbocycles. The highest BCUT2D eigenvalue weighted by molar-refractivity contribution is 7.89. The van der Waals surface area contributed by atoms with Crippen LogP contribution in [0, 0.1) is 20.8 Å². The Kier molecular flexibility index (Phi) is 4.88. The number of nitrogens with zero attached hydrogens (tertiary/aromatic N) is 3. The quantitative estimate of drug-likeness (QED) is 0.812. The summed E-state index contributed by atoms with van der Waals surface area (Å²) in [5, 5.41) is 0. The van der Waals surface area contributed by atoms with E-state index in [2.05, 4.69) is 9.80 Å². The number of hydrogen-bond donors (Lipinski definition) is 0. The van der Waals surface area contributed by atoms with Crippen molar-refractivity contribution in [2.45, 2.75) is 63.4 Å². The maximum absolute atomic E-state index is 13.3. The summed E-state index contributed by atoms with van der Waals surface area (Å²) >= 11 is 0. The second-order valence-corrected chi connectivity index (χ2v) is 10.2. The molecule has 6 heteroatoms. The van der Waals surface area contributed by atoms with Gasteiger partial charge in [0.05, 0.1) is 11.6 Å². The minimum absolute atomic E-state index is 0.518. The molecule has 0 saturated carbocycles. The largest absolute Gasteiger partial charge is 0.290 e. The summed E-state index contributed by atoms with van der Waals surface area (Å²) in [6.45, 7) is 10.7. The number of fused-ring (bicyclic) bond motifs is 3. The number of aryl methyl sites for hydroxylation is 3. The molecule has 0 unspecified atom stereocenters. The van der Waals surface area contributed by atoms with Crippen LogP contribution in [0.15, 0.2) is 17.0 Å². The molecule has 1 aromatic rings. The molecule has 26 heavy (non-hydrogen) atoms. The number of piperidine rings is 2. The van der Waals surface area contributed by atoms with Crippen LogP contribution in [-0.4, -0.2) is 67.5 Å². The maximum Gasteiger partial charge on any atom is 0.243 e. The van der Waals surface area contributed by atoms with Gasteiger partial charge in [-0.05, 0) is 57.6 Å². The molecule has 0 amide bonds. The lowest BCUT2D eigenvalue weighted by Crippen LogP contribution is -2.61. The fourth-order valence-corrected chi connectivity index (χ4v) is 7.15. The van der Waals surface area contributed by atoms with E-state index in [0.717, 1.165) is 42.2 Å². The summed E-state index contributed by atoms with van der Waals surface area (Å²) in [6, 6.07) is 5.21. The van der Waals surface area contributed by atoms with Crippen LogP contribution < -0.4 is 0 Å². The highest BCUT2D eigenvalue weighted by Crippen LogP contribution is 2.32. The van der Waals surface area contributed by atoms with Gasteiger partial charge in [-0.3, -0.25) is 9.80 Å². The van der Waals surface area contributed by atoms with E-state index in [1.807, 2.05) is 32.9 Å². The molecule has 144 valence electrons. The van der Waals surface area contributed by atoms with Crippen LogP contribution in [0.2, 0.25) is 0 Å². The molecule has 4 saturated heterocycles. The van der Waals surface area contributed by atoms with Gasteiger partial charge in [-0.1, -0.05) is 17.7 Å². The second kappa shape index (κ2) is 6.89. The molecule has 0 aromatic heterocycles. The molecule has 0 atom stereocenters. The van der Waals surface area contributed by atoms with Gasteiger partial charge in [0.1, 0.15) is 0 Å². The minimum Gasteiger partial charge on any atom is -0.290 e. The van der Waals surface area contributed by atoms with E-state index >= 15 is 0 Å². The summed E-state index contributed by atoms with van der Waals surface area (Å²) < 4.78 is 28.2. The first-order chi connectivity index (χ1) is 12.4. The summed E-state index contributed by atoms with van der Waals surface area (Å²) in [5.74, 6) is 0. The standard InChI is InChI=1S/C20H31N3O2S/c1-15-12-16(2)20(17(3)13-15)26(24,25)22-10-6-19(7-11-22)23-14-21-8-4-18(23)5-9-21/h12-13,18-19H,4-11,14H2,1-3H3. The van der Waals surface area contributed by atoms with Crippen LogP contribution >= 0.6 is 0 Å². The molecule has 2 bridgehead atoms. The number of benzene rings is 1. The van der Waals surface area contributed by atoms with Crippen molar-refractivity contribution in [1.82, 2.24) is 14.1 Å². The molecular weight excluding hydrogens is 346 g/mol. The first kappa shape index (κ1) is 18.4. The Labute approximate surface area is 158 Å². The van der Waals surface area contributed by atoms with E-state index in [0.29, 0.717) is 24.0 Å². The smallest absolute Gasteiger partial charge is 0.243 e. The van der Waals surface area contributed by atoms with Crippen molar-refractivity contribution in [2.75, 3.05) is 32.8 Å². The van der Waals surface area contributed by atoms with E-state index < -0.39 is 10.0 Å².